The molecule has 0 unspecified atom stereocenters. The SMILES string of the molecule is O.O.O.O.[NH4+].[NH4+].[NH4+].[NH4+].[NH4+].[NH4+].[NH4+].[NH4+].[NH4+].[NH4+].[NH4+].[O-]B([O-])[O-].[O-]B([O-])[O-].[O-]B([O-])[O-].[O-]B([O-])[O-]. The number of rotatable bonds is 0. The largest absolute Gasteiger partial charge is 0.907 e. The molecule has 27 nitrogen and oxygen atoms in total. The van der Waals surface area contributed by atoms with Crippen LogP contribution in [0.15, 0.2) is 0 Å². The van der Waals surface area contributed by atoms with Crippen LogP contribution in [0, 0.1) is 0 Å². The van der Waals surface area contributed by atoms with Crippen LogP contribution in [0.2, 0.25) is 0 Å². The molecule has 0 radical (unpaired) electrons. The minimum absolute atomic E-state index is 0. The lowest BCUT2D eigenvalue weighted by molar-refractivity contribution is -0.481. The van der Waals surface area contributed by atoms with E-state index in [1.807, 2.05) is 0 Å². The second kappa shape index (κ2) is 185. The van der Waals surface area contributed by atoms with Gasteiger partial charge in [-0.25, -0.2) is 0 Å². The van der Waals surface area contributed by atoms with Crippen LogP contribution in [0.25, 0.3) is 0 Å². The van der Waals surface area contributed by atoms with Crippen LogP contribution < -0.4 is 128 Å². The Hall–Kier alpha value is -0.820. The maximum Gasteiger partial charge on any atom is -0.278 e. The molecule has 0 saturated carbocycles. The molecule has 0 aliphatic rings. The first-order chi connectivity index (χ1) is 6.93. The summed E-state index contributed by atoms with van der Waals surface area (Å²) in [4.78, 5) is 0. The number of hydrogen-bond acceptors (Lipinski definition) is 12. The van der Waals surface area contributed by atoms with Gasteiger partial charge in [-0.3, -0.25) is 29.3 Å². The van der Waals surface area contributed by atoms with Crippen molar-refractivity contribution >= 4 is 29.3 Å². The summed E-state index contributed by atoms with van der Waals surface area (Å²) in [6.07, 6.45) is 0. The van der Waals surface area contributed by atoms with Crippen molar-refractivity contribution in [3.63, 3.8) is 0 Å². The van der Waals surface area contributed by atoms with Gasteiger partial charge in [-0.15, -0.1) is 0 Å². The number of hydrogen-bond donors (Lipinski definition) is 11. The second-order valence-corrected chi connectivity index (χ2v) is 1.15. The summed E-state index contributed by atoms with van der Waals surface area (Å²) in [5, 5.41) is 101. The summed E-state index contributed by atoms with van der Waals surface area (Å²) in [5.41, 5.74) is 0. The second-order valence-electron chi connectivity index (χ2n) is 1.15. The first-order valence-electron chi connectivity index (χ1n) is 2.83. The smallest absolute Gasteiger partial charge is 0.278 e. The zero-order valence-electron chi connectivity index (χ0n) is 20.2. The molecule has 0 rings (SSSR count). The third-order valence-electron chi connectivity index (χ3n) is 0. The van der Waals surface area contributed by atoms with E-state index in [1.54, 1.807) is 0 Å². The molecule has 0 bridgehead atoms. The molecule has 0 aliphatic heterocycles. The van der Waals surface area contributed by atoms with E-state index < -0.39 is 29.3 Å². The van der Waals surface area contributed by atoms with Crippen molar-refractivity contribution in [3.05, 3.63) is 0 Å². The summed E-state index contributed by atoms with van der Waals surface area (Å²) < 4.78 is 0. The minimum Gasteiger partial charge on any atom is -0.907 e. The molecule has 216 valence electrons. The van der Waals surface area contributed by atoms with Crippen LogP contribution in [0.3, 0.4) is 0 Å². The molecule has 0 atom stereocenters. The monoisotopic (exact) mass is 506 g/mol. The van der Waals surface area contributed by atoms with Crippen LogP contribution in [0.4, 0.5) is 0 Å². The lowest BCUT2D eigenvalue weighted by Crippen LogP contribution is -2.56. The summed E-state index contributed by atoms with van der Waals surface area (Å²) in [5.74, 6) is 0. The third-order valence-corrected chi connectivity index (χ3v) is 0. The van der Waals surface area contributed by atoms with Crippen molar-refractivity contribution in [2.45, 2.75) is 0 Å². The molecule has 0 heterocycles. The molecule has 0 aromatic heterocycles. The van der Waals surface area contributed by atoms with E-state index in [2.05, 4.69) is 0 Å². The fourth-order valence-corrected chi connectivity index (χ4v) is 0. The highest BCUT2D eigenvalue weighted by atomic mass is 16.5. The van der Waals surface area contributed by atoms with E-state index >= 15 is 0 Å². The summed E-state index contributed by atoms with van der Waals surface area (Å²) in [6, 6.07) is 0. The van der Waals surface area contributed by atoms with Crippen molar-refractivity contribution in [1.82, 2.24) is 67.7 Å². The van der Waals surface area contributed by atoms with Crippen LogP contribution in [-0.4, -0.2) is 51.2 Å². The van der Waals surface area contributed by atoms with Crippen LogP contribution in [0.5, 0.6) is 0 Å². The molecule has 0 spiro atoms. The van der Waals surface area contributed by atoms with Crippen LogP contribution >= 0.6 is 0 Å². The molecular weight excluding hydrogens is 453 g/mol. The average Bonchev–Trinajstić information content (AvgIpc) is 1.76. The van der Waals surface area contributed by atoms with Gasteiger partial charge >= 0.3 is 0 Å². The van der Waals surface area contributed by atoms with Gasteiger partial charge in [0, 0.05) is 0 Å². The maximum absolute atomic E-state index is 8.42. The molecule has 0 aromatic rings. The van der Waals surface area contributed by atoms with Gasteiger partial charge in [-0.2, -0.15) is 0 Å². The first-order valence-corrected chi connectivity index (χ1v) is 2.83. The maximum atomic E-state index is 8.42. The predicted octanol–water partition coefficient (Wildman–Crippen LogP) is -15.0. The van der Waals surface area contributed by atoms with Gasteiger partial charge in [-0.1, -0.05) is 0 Å². The van der Waals surface area contributed by atoms with E-state index in [1.165, 1.54) is 0 Å². The summed E-state index contributed by atoms with van der Waals surface area (Å²) in [7, 11) is -11.7. The lowest BCUT2D eigenvalue weighted by atomic mass is 10.3. The summed E-state index contributed by atoms with van der Waals surface area (Å²) in [6.45, 7) is 0. The van der Waals surface area contributed by atoms with Gasteiger partial charge in [0.1, 0.15) is 0 Å². The lowest BCUT2D eigenvalue weighted by Gasteiger charge is -2.35. The van der Waals surface area contributed by atoms with Crippen LogP contribution in [-0.2, 0) is 0 Å². The minimum atomic E-state index is -2.92. The Bertz CT molecular complexity index is 86.5. The Morgan fingerprint density at radius 2 is 0.194 bits per heavy atom. The van der Waals surface area contributed by atoms with Crippen molar-refractivity contribution in [2.24, 2.45) is 0 Å². The van der Waals surface area contributed by atoms with Crippen molar-refractivity contribution in [2.75, 3.05) is 0 Å². The Morgan fingerprint density at radius 3 is 0.194 bits per heavy atom. The molecular formula is H52B4N11O16-. The highest BCUT2D eigenvalue weighted by Gasteiger charge is 1.18. The van der Waals surface area contributed by atoms with Gasteiger partial charge in [0.15, 0.2) is 0 Å². The first kappa shape index (κ1) is 206. The van der Waals surface area contributed by atoms with E-state index in [0.717, 1.165) is 0 Å². The van der Waals surface area contributed by atoms with Crippen molar-refractivity contribution < 1.29 is 82.2 Å². The Labute approximate surface area is 180 Å². The molecule has 31 heavy (non-hydrogen) atoms. The van der Waals surface area contributed by atoms with Crippen molar-refractivity contribution in [1.29, 1.82) is 0 Å². The van der Waals surface area contributed by atoms with Gasteiger partial charge in [0.2, 0.25) is 0 Å². The highest BCUT2D eigenvalue weighted by Crippen LogP contribution is 1.00. The standard InChI is InChI=1S/4BO3.11H3N.4H2O/c4*2-1(3)4;;;;;;;;;;;;;;;/h;;;;11*1H3;4*1H2/q4*-3;;;;;;;;;;;;;;;/p+11. The van der Waals surface area contributed by atoms with E-state index in [4.69, 9.17) is 60.3 Å². The van der Waals surface area contributed by atoms with Gasteiger partial charge < -0.3 is 150 Å². The van der Waals surface area contributed by atoms with E-state index in [0.29, 0.717) is 0 Å². The fourth-order valence-electron chi connectivity index (χ4n) is 0. The molecule has 0 aliphatic carbocycles. The van der Waals surface area contributed by atoms with E-state index in [-0.39, 0.29) is 89.6 Å². The van der Waals surface area contributed by atoms with Gasteiger partial charge in [0.05, 0.1) is 0 Å². The Balaban J connectivity index is -0.00000000314. The Kier molecular flexibility index (Phi) is 1230. The normalized spacial score (nSPS) is 3.48. The average molecular weight is 506 g/mol. The van der Waals surface area contributed by atoms with Crippen LogP contribution in [0.1, 0.15) is 0 Å². The zero-order valence-corrected chi connectivity index (χ0v) is 20.2. The predicted molar refractivity (Wildman–Crippen MR) is 103 cm³/mol. The quantitative estimate of drug-likeness (QED) is 0.137. The number of quaternary nitrogens is 11. The molecule has 0 fully saturated rings. The van der Waals surface area contributed by atoms with Gasteiger partial charge in [0.25, 0.3) is 0 Å². The molecule has 0 aromatic carbocycles. The van der Waals surface area contributed by atoms with Gasteiger partial charge in [-0.05, 0) is 0 Å². The fraction of sp³-hybridized carbons (Fsp3) is 0. The zero-order chi connectivity index (χ0) is 14.3. The molecule has 52 N–H and O–H groups in total. The molecule has 31 heteroatoms. The third kappa shape index (κ3) is 32000. The van der Waals surface area contributed by atoms with E-state index in [9.17, 15) is 0 Å². The summed E-state index contributed by atoms with van der Waals surface area (Å²) >= 11 is 0. The topological polar surface area (TPSA) is 804 Å². The Morgan fingerprint density at radius 1 is 0.194 bits per heavy atom. The van der Waals surface area contributed by atoms with Crippen molar-refractivity contribution in [3.8, 4) is 0 Å². The molecule has 0 amide bonds. The molecule has 0 saturated heterocycles. The highest BCUT2D eigenvalue weighted by molar-refractivity contribution is 6.24.